The zero-order valence-corrected chi connectivity index (χ0v) is 14.9. The van der Waals surface area contributed by atoms with Gasteiger partial charge in [-0.1, -0.05) is 23.4 Å². The Bertz CT molecular complexity index is 609. The van der Waals surface area contributed by atoms with E-state index in [1.807, 2.05) is 43.3 Å². The number of aryl methyl sites for hydroxylation is 1. The molecule has 1 aliphatic rings. The minimum atomic E-state index is 0.592. The Kier molecular flexibility index (Phi) is 6.85. The second kappa shape index (κ2) is 9.56. The highest BCUT2D eigenvalue weighted by atomic mass is 16.5. The summed E-state index contributed by atoms with van der Waals surface area (Å²) in [6.45, 7) is 10.0. The van der Waals surface area contributed by atoms with E-state index in [4.69, 9.17) is 14.0 Å². The lowest BCUT2D eigenvalue weighted by molar-refractivity contribution is 0.0598. The number of rotatable bonds is 9. The van der Waals surface area contributed by atoms with Crippen LogP contribution in [0.25, 0.3) is 0 Å². The molecule has 2 aromatic rings. The van der Waals surface area contributed by atoms with Crippen molar-refractivity contribution >= 4 is 0 Å². The Morgan fingerprint density at radius 1 is 1.00 bits per heavy atom. The van der Waals surface area contributed by atoms with E-state index in [1.54, 1.807) is 0 Å². The lowest BCUT2D eigenvalue weighted by Crippen LogP contribution is -2.46. The average molecular weight is 345 g/mol. The average Bonchev–Trinajstić information content (AvgIpc) is 3.05. The molecule has 1 aliphatic heterocycles. The number of aromatic nitrogens is 1. The second-order valence-corrected chi connectivity index (χ2v) is 6.32. The second-order valence-electron chi connectivity index (χ2n) is 6.32. The van der Waals surface area contributed by atoms with E-state index in [2.05, 4.69) is 15.0 Å². The van der Waals surface area contributed by atoms with Gasteiger partial charge in [0.25, 0.3) is 0 Å². The zero-order chi connectivity index (χ0) is 17.3. The van der Waals surface area contributed by atoms with Gasteiger partial charge in [-0.3, -0.25) is 9.80 Å². The summed E-state index contributed by atoms with van der Waals surface area (Å²) in [6, 6.07) is 11.9. The highest BCUT2D eigenvalue weighted by Crippen LogP contribution is 2.09. The molecule has 0 radical (unpaired) electrons. The van der Waals surface area contributed by atoms with Crippen molar-refractivity contribution in [2.24, 2.45) is 0 Å². The Hall–Kier alpha value is -1.89. The van der Waals surface area contributed by atoms with Crippen LogP contribution in [0.2, 0.25) is 0 Å². The maximum atomic E-state index is 5.68. The van der Waals surface area contributed by atoms with E-state index in [-0.39, 0.29) is 0 Å². The van der Waals surface area contributed by atoms with Gasteiger partial charge in [0.05, 0.1) is 18.9 Å². The van der Waals surface area contributed by atoms with Crippen LogP contribution in [0.1, 0.15) is 11.5 Å². The van der Waals surface area contributed by atoms with E-state index in [1.165, 1.54) is 0 Å². The van der Waals surface area contributed by atoms with Gasteiger partial charge in [-0.25, -0.2) is 0 Å². The third-order valence-corrected chi connectivity index (χ3v) is 4.32. The van der Waals surface area contributed by atoms with Crippen LogP contribution < -0.4 is 4.74 Å². The van der Waals surface area contributed by atoms with Gasteiger partial charge >= 0.3 is 0 Å². The molecule has 3 rings (SSSR count). The van der Waals surface area contributed by atoms with Gasteiger partial charge in [0.15, 0.2) is 0 Å². The largest absolute Gasteiger partial charge is 0.491 e. The molecule has 136 valence electrons. The minimum Gasteiger partial charge on any atom is -0.491 e. The van der Waals surface area contributed by atoms with Gasteiger partial charge in [0.2, 0.25) is 0 Å². The van der Waals surface area contributed by atoms with Gasteiger partial charge in [0.1, 0.15) is 18.1 Å². The van der Waals surface area contributed by atoms with Crippen LogP contribution in [0.3, 0.4) is 0 Å². The highest BCUT2D eigenvalue weighted by Gasteiger charge is 2.17. The molecular weight excluding hydrogens is 318 g/mol. The van der Waals surface area contributed by atoms with E-state index < -0.39 is 0 Å². The molecule has 0 unspecified atom stereocenters. The van der Waals surface area contributed by atoms with Crippen molar-refractivity contribution in [2.75, 3.05) is 52.5 Å². The summed E-state index contributed by atoms with van der Waals surface area (Å²) in [5.41, 5.74) is 1.02. The zero-order valence-electron chi connectivity index (χ0n) is 14.9. The molecule has 0 saturated carbocycles. The van der Waals surface area contributed by atoms with Crippen molar-refractivity contribution in [3.63, 3.8) is 0 Å². The van der Waals surface area contributed by atoms with Crippen LogP contribution in [-0.4, -0.2) is 67.5 Å². The molecule has 2 heterocycles. The predicted molar refractivity (Wildman–Crippen MR) is 95.7 cm³/mol. The molecule has 1 aromatic carbocycles. The number of nitrogens with zero attached hydrogens (tertiary/aromatic N) is 3. The van der Waals surface area contributed by atoms with Crippen molar-refractivity contribution in [3.05, 3.63) is 47.9 Å². The van der Waals surface area contributed by atoms with Gasteiger partial charge < -0.3 is 14.0 Å². The molecular formula is C19H27N3O3. The summed E-state index contributed by atoms with van der Waals surface area (Å²) in [7, 11) is 0. The molecule has 0 amide bonds. The first kappa shape index (κ1) is 17.9. The van der Waals surface area contributed by atoms with Crippen LogP contribution in [0, 0.1) is 6.92 Å². The first-order valence-corrected chi connectivity index (χ1v) is 8.92. The Morgan fingerprint density at radius 3 is 2.48 bits per heavy atom. The fraction of sp³-hybridized carbons (Fsp3) is 0.526. The SMILES string of the molecule is Cc1cc(CN2CCN(CCOCCOc3ccccc3)CC2)no1. The Labute approximate surface area is 149 Å². The maximum Gasteiger partial charge on any atom is 0.133 e. The van der Waals surface area contributed by atoms with E-state index in [0.717, 1.165) is 63.1 Å². The minimum absolute atomic E-state index is 0.592. The topological polar surface area (TPSA) is 51.0 Å². The fourth-order valence-electron chi connectivity index (χ4n) is 2.92. The quantitative estimate of drug-likeness (QED) is 0.650. The van der Waals surface area contributed by atoms with E-state index in [9.17, 15) is 0 Å². The molecule has 0 aliphatic carbocycles. The molecule has 6 nitrogen and oxygen atoms in total. The summed E-state index contributed by atoms with van der Waals surface area (Å²) in [4.78, 5) is 4.87. The van der Waals surface area contributed by atoms with Crippen LogP contribution >= 0.6 is 0 Å². The maximum absolute atomic E-state index is 5.68. The Morgan fingerprint density at radius 2 is 1.76 bits per heavy atom. The smallest absolute Gasteiger partial charge is 0.133 e. The summed E-state index contributed by atoms with van der Waals surface area (Å²) < 4.78 is 16.4. The standard InChI is InChI=1S/C19H27N3O3/c1-17-15-18(20-25-17)16-22-9-7-21(8-10-22)11-12-23-13-14-24-19-5-3-2-4-6-19/h2-6,15H,7-14,16H2,1H3. The molecule has 0 bridgehead atoms. The lowest BCUT2D eigenvalue weighted by Gasteiger charge is -2.34. The van der Waals surface area contributed by atoms with Gasteiger partial charge in [-0.05, 0) is 19.1 Å². The predicted octanol–water partition coefficient (Wildman–Crippen LogP) is 2.20. The molecule has 1 aromatic heterocycles. The molecule has 0 atom stereocenters. The number of ether oxygens (including phenoxy) is 2. The normalized spacial score (nSPS) is 16.2. The van der Waals surface area contributed by atoms with Crippen molar-refractivity contribution in [3.8, 4) is 5.75 Å². The van der Waals surface area contributed by atoms with Crippen LogP contribution in [0.15, 0.2) is 40.9 Å². The summed E-state index contributed by atoms with van der Waals surface area (Å²) >= 11 is 0. The van der Waals surface area contributed by atoms with Crippen LogP contribution in [-0.2, 0) is 11.3 Å². The van der Waals surface area contributed by atoms with Gasteiger partial charge in [0, 0.05) is 45.3 Å². The summed E-state index contributed by atoms with van der Waals surface area (Å²) in [6.07, 6.45) is 0. The van der Waals surface area contributed by atoms with Crippen molar-refractivity contribution < 1.29 is 14.0 Å². The van der Waals surface area contributed by atoms with Crippen molar-refractivity contribution in [1.82, 2.24) is 15.0 Å². The molecule has 0 N–H and O–H groups in total. The molecule has 1 fully saturated rings. The first-order chi connectivity index (χ1) is 12.3. The summed E-state index contributed by atoms with van der Waals surface area (Å²) in [5.74, 6) is 1.77. The molecule has 6 heteroatoms. The lowest BCUT2D eigenvalue weighted by atomic mass is 10.3. The highest BCUT2D eigenvalue weighted by molar-refractivity contribution is 5.20. The summed E-state index contributed by atoms with van der Waals surface area (Å²) in [5, 5.41) is 4.07. The molecule has 1 saturated heterocycles. The van der Waals surface area contributed by atoms with Gasteiger partial charge in [-0.15, -0.1) is 0 Å². The monoisotopic (exact) mass is 345 g/mol. The van der Waals surface area contributed by atoms with Crippen molar-refractivity contribution in [1.29, 1.82) is 0 Å². The van der Waals surface area contributed by atoms with E-state index in [0.29, 0.717) is 13.2 Å². The third kappa shape index (κ3) is 6.16. The number of benzene rings is 1. The molecule has 0 spiro atoms. The first-order valence-electron chi connectivity index (χ1n) is 8.92. The fourth-order valence-corrected chi connectivity index (χ4v) is 2.92. The Balaban J connectivity index is 1.22. The number of piperazine rings is 1. The number of para-hydroxylation sites is 1. The van der Waals surface area contributed by atoms with E-state index >= 15 is 0 Å². The van der Waals surface area contributed by atoms with Crippen molar-refractivity contribution in [2.45, 2.75) is 13.5 Å². The number of hydrogen-bond acceptors (Lipinski definition) is 6. The van der Waals surface area contributed by atoms with Crippen LogP contribution in [0.4, 0.5) is 0 Å². The number of hydrogen-bond donors (Lipinski definition) is 0. The van der Waals surface area contributed by atoms with Crippen LogP contribution in [0.5, 0.6) is 5.75 Å². The van der Waals surface area contributed by atoms with Gasteiger partial charge in [-0.2, -0.15) is 0 Å². The third-order valence-electron chi connectivity index (χ3n) is 4.32. The molecule has 25 heavy (non-hydrogen) atoms.